The minimum atomic E-state index is -1.09. The lowest BCUT2D eigenvalue weighted by Crippen LogP contribution is -2.11. The molecular weight excluding hydrogens is 363 g/mol. The van der Waals surface area contributed by atoms with Crippen molar-refractivity contribution in [2.45, 2.75) is 26.2 Å². The topological polar surface area (TPSA) is 63.6 Å². The normalized spacial score (nSPS) is 11.8. The van der Waals surface area contributed by atoms with Gasteiger partial charge in [0.1, 0.15) is 0 Å². The van der Waals surface area contributed by atoms with Crippen LogP contribution in [0.2, 0.25) is 10.0 Å². The zero-order valence-electron chi connectivity index (χ0n) is 13.9. The van der Waals surface area contributed by atoms with E-state index in [1.807, 2.05) is 19.1 Å². The summed E-state index contributed by atoms with van der Waals surface area (Å²) in [6, 6.07) is 9.99. The van der Waals surface area contributed by atoms with E-state index >= 15 is 0 Å². The average Bonchev–Trinajstić information content (AvgIpc) is 2.57. The molecule has 1 N–H and O–H groups in total. The lowest BCUT2D eigenvalue weighted by molar-refractivity contribution is 0.0524. The Hall–Kier alpha value is -2.04. The monoisotopic (exact) mass is 380 g/mol. The summed E-state index contributed by atoms with van der Waals surface area (Å²) < 4.78 is 5.10. The number of halogens is 2. The molecule has 4 nitrogen and oxygen atoms in total. The van der Waals surface area contributed by atoms with Crippen LogP contribution in [0.3, 0.4) is 0 Å². The predicted octanol–water partition coefficient (Wildman–Crippen LogP) is 5.21. The highest BCUT2D eigenvalue weighted by Crippen LogP contribution is 2.33. The molecule has 0 heterocycles. The molecule has 0 saturated heterocycles. The first-order valence-corrected chi connectivity index (χ1v) is 8.58. The van der Waals surface area contributed by atoms with E-state index in [0.717, 1.165) is 5.56 Å². The van der Waals surface area contributed by atoms with Crippen LogP contribution in [-0.2, 0) is 11.2 Å². The van der Waals surface area contributed by atoms with Crippen LogP contribution in [0.1, 0.15) is 51.6 Å². The molecule has 0 aliphatic rings. The third-order valence-corrected chi connectivity index (χ3v) is 4.56. The van der Waals surface area contributed by atoms with Crippen molar-refractivity contribution in [1.82, 2.24) is 0 Å². The Bertz CT molecular complexity index is 779. The number of carboxylic acid groups (broad SMARTS) is 1. The lowest BCUT2D eigenvalue weighted by atomic mass is 9.90. The van der Waals surface area contributed by atoms with Gasteiger partial charge in [-0.2, -0.15) is 0 Å². The first kappa shape index (κ1) is 19.3. The number of ether oxygens (including phenoxy) is 1. The smallest absolute Gasteiger partial charge is 0.338 e. The quantitative estimate of drug-likeness (QED) is 0.698. The molecule has 0 aliphatic heterocycles. The average molecular weight is 381 g/mol. The Morgan fingerprint density at radius 1 is 1.16 bits per heavy atom. The maximum atomic E-state index is 12.1. The SMILES string of the molecule is CCOC(=O)c1ccccc1C(C)Cc1c(Cl)cc(C(=O)O)cc1Cl. The second-order valence-corrected chi connectivity index (χ2v) is 6.45. The molecule has 6 heteroatoms. The molecule has 0 amide bonds. The van der Waals surface area contributed by atoms with E-state index in [2.05, 4.69) is 0 Å². The Morgan fingerprint density at radius 2 is 1.76 bits per heavy atom. The standard InChI is InChI=1S/C19H18Cl2O4/c1-3-25-19(24)14-7-5-4-6-13(14)11(2)8-15-16(20)9-12(18(22)23)10-17(15)21/h4-7,9-11H,3,8H2,1-2H3,(H,22,23). The summed E-state index contributed by atoms with van der Waals surface area (Å²) in [5.41, 5.74) is 2.03. The van der Waals surface area contributed by atoms with Crippen LogP contribution in [0.5, 0.6) is 0 Å². The molecule has 0 aliphatic carbocycles. The van der Waals surface area contributed by atoms with Crippen LogP contribution in [0.4, 0.5) is 0 Å². The summed E-state index contributed by atoms with van der Waals surface area (Å²) in [6.45, 7) is 4.01. The molecule has 0 fully saturated rings. The molecule has 132 valence electrons. The third kappa shape index (κ3) is 4.53. The Morgan fingerprint density at radius 3 is 2.32 bits per heavy atom. The van der Waals surface area contributed by atoms with Crippen molar-refractivity contribution in [1.29, 1.82) is 0 Å². The highest BCUT2D eigenvalue weighted by atomic mass is 35.5. The Balaban J connectivity index is 2.34. The van der Waals surface area contributed by atoms with Crippen molar-refractivity contribution in [3.05, 3.63) is 68.7 Å². The van der Waals surface area contributed by atoms with Crippen LogP contribution in [0.25, 0.3) is 0 Å². The maximum Gasteiger partial charge on any atom is 0.338 e. The Kier molecular flexibility index (Phi) is 6.45. The highest BCUT2D eigenvalue weighted by Gasteiger charge is 2.20. The fourth-order valence-electron chi connectivity index (χ4n) is 2.66. The van der Waals surface area contributed by atoms with E-state index in [-0.39, 0.29) is 17.5 Å². The molecule has 1 atom stereocenters. The van der Waals surface area contributed by atoms with Gasteiger partial charge in [0.15, 0.2) is 0 Å². The van der Waals surface area contributed by atoms with Crippen LogP contribution in [-0.4, -0.2) is 23.7 Å². The van der Waals surface area contributed by atoms with Crippen molar-refractivity contribution < 1.29 is 19.4 Å². The molecule has 2 aromatic carbocycles. The molecule has 0 bridgehead atoms. The molecule has 0 saturated carbocycles. The summed E-state index contributed by atoms with van der Waals surface area (Å²) >= 11 is 12.4. The first-order chi connectivity index (χ1) is 11.8. The maximum absolute atomic E-state index is 12.1. The van der Waals surface area contributed by atoms with Gasteiger partial charge in [0, 0.05) is 10.0 Å². The molecule has 1 unspecified atom stereocenters. The van der Waals surface area contributed by atoms with E-state index in [1.54, 1.807) is 19.1 Å². The zero-order chi connectivity index (χ0) is 18.6. The molecule has 2 rings (SSSR count). The van der Waals surface area contributed by atoms with Gasteiger partial charge in [-0.05, 0) is 48.6 Å². The fraction of sp³-hybridized carbons (Fsp3) is 0.263. The molecule has 25 heavy (non-hydrogen) atoms. The van der Waals surface area contributed by atoms with Crippen molar-refractivity contribution in [2.75, 3.05) is 6.61 Å². The molecule has 0 aromatic heterocycles. The van der Waals surface area contributed by atoms with Crippen molar-refractivity contribution in [3.8, 4) is 0 Å². The van der Waals surface area contributed by atoms with Gasteiger partial charge in [-0.25, -0.2) is 9.59 Å². The van der Waals surface area contributed by atoms with Gasteiger partial charge in [-0.15, -0.1) is 0 Å². The van der Waals surface area contributed by atoms with Gasteiger partial charge in [0.25, 0.3) is 0 Å². The lowest BCUT2D eigenvalue weighted by Gasteiger charge is -2.17. The van der Waals surface area contributed by atoms with E-state index in [1.165, 1.54) is 12.1 Å². The number of hydrogen-bond acceptors (Lipinski definition) is 3. The number of benzene rings is 2. The van der Waals surface area contributed by atoms with Crippen molar-refractivity contribution >= 4 is 35.1 Å². The predicted molar refractivity (Wildman–Crippen MR) is 97.9 cm³/mol. The van der Waals surface area contributed by atoms with Gasteiger partial charge in [-0.1, -0.05) is 48.3 Å². The molecular formula is C19H18Cl2O4. The minimum absolute atomic E-state index is 0.0401. The van der Waals surface area contributed by atoms with Gasteiger partial charge < -0.3 is 9.84 Å². The summed E-state index contributed by atoms with van der Waals surface area (Å²) in [6.07, 6.45) is 0.466. The Labute approximate surface area is 156 Å². The first-order valence-electron chi connectivity index (χ1n) is 7.82. The fourth-order valence-corrected chi connectivity index (χ4v) is 3.30. The largest absolute Gasteiger partial charge is 0.478 e. The summed E-state index contributed by atoms with van der Waals surface area (Å²) in [7, 11) is 0. The van der Waals surface area contributed by atoms with Crippen molar-refractivity contribution in [2.24, 2.45) is 0 Å². The van der Waals surface area contributed by atoms with Gasteiger partial charge in [0.2, 0.25) is 0 Å². The summed E-state index contributed by atoms with van der Waals surface area (Å²) in [5, 5.41) is 9.66. The molecule has 0 radical (unpaired) electrons. The van der Waals surface area contributed by atoms with Crippen molar-refractivity contribution in [3.63, 3.8) is 0 Å². The minimum Gasteiger partial charge on any atom is -0.478 e. The number of carbonyl (C=O) groups is 2. The van der Waals surface area contributed by atoms with Crippen LogP contribution in [0, 0.1) is 0 Å². The second kappa shape index (κ2) is 8.37. The van der Waals surface area contributed by atoms with Gasteiger partial charge >= 0.3 is 11.9 Å². The number of aromatic carboxylic acids is 1. The highest BCUT2D eigenvalue weighted by molar-refractivity contribution is 6.36. The summed E-state index contributed by atoms with van der Waals surface area (Å²) in [5.74, 6) is -1.52. The number of hydrogen-bond donors (Lipinski definition) is 1. The second-order valence-electron chi connectivity index (χ2n) is 5.64. The van der Waals surface area contributed by atoms with E-state index in [0.29, 0.717) is 34.2 Å². The number of carbonyl (C=O) groups excluding carboxylic acids is 1. The molecule has 2 aromatic rings. The van der Waals surface area contributed by atoms with Gasteiger partial charge in [0.05, 0.1) is 17.7 Å². The van der Waals surface area contributed by atoms with Crippen LogP contribution < -0.4 is 0 Å². The number of esters is 1. The molecule has 0 spiro atoms. The van der Waals surface area contributed by atoms with Crippen LogP contribution in [0.15, 0.2) is 36.4 Å². The number of carboxylic acids is 1. The van der Waals surface area contributed by atoms with E-state index < -0.39 is 5.97 Å². The number of rotatable bonds is 6. The van der Waals surface area contributed by atoms with E-state index in [4.69, 9.17) is 33.0 Å². The third-order valence-electron chi connectivity index (χ3n) is 3.89. The summed E-state index contributed by atoms with van der Waals surface area (Å²) in [4.78, 5) is 23.2. The van der Waals surface area contributed by atoms with Gasteiger partial charge in [-0.3, -0.25) is 0 Å². The van der Waals surface area contributed by atoms with Crippen LogP contribution >= 0.6 is 23.2 Å². The van der Waals surface area contributed by atoms with E-state index in [9.17, 15) is 9.59 Å². The zero-order valence-corrected chi connectivity index (χ0v) is 15.4.